The van der Waals surface area contributed by atoms with Gasteiger partial charge in [-0.25, -0.2) is 9.37 Å². The van der Waals surface area contributed by atoms with Gasteiger partial charge in [0.05, 0.1) is 6.61 Å². The number of benzene rings is 2. The number of halogens is 1. The average molecular weight is 470 g/mol. The van der Waals surface area contributed by atoms with Gasteiger partial charge < -0.3 is 9.47 Å². The molecular formula is C26H28FNO2S2. The molecule has 168 valence electrons. The summed E-state index contributed by atoms with van der Waals surface area (Å²) in [6, 6.07) is 11.9. The normalized spacial score (nSPS) is 12.6. The van der Waals surface area contributed by atoms with Gasteiger partial charge in [-0.3, -0.25) is 0 Å². The summed E-state index contributed by atoms with van der Waals surface area (Å²) in [4.78, 5) is 5.70. The second kappa shape index (κ2) is 10.6. The van der Waals surface area contributed by atoms with E-state index < -0.39 is 0 Å². The molecular weight excluding hydrogens is 441 g/mol. The molecule has 2 aromatic carbocycles. The second-order valence-electron chi connectivity index (χ2n) is 7.92. The van der Waals surface area contributed by atoms with Gasteiger partial charge in [-0.05, 0) is 84.2 Å². The van der Waals surface area contributed by atoms with E-state index in [1.165, 1.54) is 10.5 Å². The Hall–Kier alpha value is -2.18. The summed E-state index contributed by atoms with van der Waals surface area (Å²) in [6.45, 7) is 4.77. The van der Waals surface area contributed by atoms with E-state index in [9.17, 15) is 0 Å². The highest BCUT2D eigenvalue weighted by atomic mass is 32.2. The number of thioether (sulfide) groups is 2. The summed E-state index contributed by atoms with van der Waals surface area (Å²) in [7, 11) is 0. The standard InChI is InChI=1S/C26H28FNO2S2/c1-17-12-22(29-9-5-10-31-3)26(27)18(2)25(17)20-7-4-6-19(13-20)16-30-24-14-23-21(15-28-24)8-11-32-23/h4,6-7,12-15H,5,8-11,16H2,1-3H3. The van der Waals surface area contributed by atoms with Crippen molar-refractivity contribution in [2.24, 2.45) is 0 Å². The van der Waals surface area contributed by atoms with Gasteiger partial charge in [-0.15, -0.1) is 11.8 Å². The highest BCUT2D eigenvalue weighted by molar-refractivity contribution is 7.99. The van der Waals surface area contributed by atoms with E-state index in [0.29, 0.717) is 30.4 Å². The van der Waals surface area contributed by atoms with E-state index in [4.69, 9.17) is 9.47 Å². The number of rotatable bonds is 9. The lowest BCUT2D eigenvalue weighted by atomic mass is 9.94. The maximum atomic E-state index is 15.1. The maximum absolute atomic E-state index is 15.1. The van der Waals surface area contributed by atoms with Gasteiger partial charge in [-0.1, -0.05) is 18.2 Å². The summed E-state index contributed by atoms with van der Waals surface area (Å²) in [5.74, 6) is 2.82. The van der Waals surface area contributed by atoms with Crippen LogP contribution in [0, 0.1) is 19.7 Å². The molecule has 0 spiro atoms. The molecule has 1 aliphatic rings. The van der Waals surface area contributed by atoms with Crippen molar-refractivity contribution in [1.29, 1.82) is 0 Å². The van der Waals surface area contributed by atoms with Gasteiger partial charge in [-0.2, -0.15) is 11.8 Å². The number of ether oxygens (including phenoxy) is 2. The van der Waals surface area contributed by atoms with Gasteiger partial charge in [0.25, 0.3) is 0 Å². The van der Waals surface area contributed by atoms with Gasteiger partial charge in [0.1, 0.15) is 6.61 Å². The van der Waals surface area contributed by atoms with Crippen molar-refractivity contribution >= 4 is 23.5 Å². The predicted octanol–water partition coefficient (Wildman–Crippen LogP) is 6.86. The molecule has 1 aromatic heterocycles. The van der Waals surface area contributed by atoms with Crippen LogP contribution in [0.25, 0.3) is 11.1 Å². The van der Waals surface area contributed by atoms with Crippen molar-refractivity contribution in [3.05, 3.63) is 70.7 Å². The third kappa shape index (κ3) is 5.24. The zero-order chi connectivity index (χ0) is 22.5. The van der Waals surface area contributed by atoms with Crippen LogP contribution >= 0.6 is 23.5 Å². The molecule has 0 bridgehead atoms. The average Bonchev–Trinajstić information content (AvgIpc) is 3.27. The van der Waals surface area contributed by atoms with Gasteiger partial charge >= 0.3 is 0 Å². The number of pyridine rings is 1. The lowest BCUT2D eigenvalue weighted by Gasteiger charge is -2.16. The number of aromatic nitrogens is 1. The van der Waals surface area contributed by atoms with E-state index in [0.717, 1.165) is 46.6 Å². The topological polar surface area (TPSA) is 31.4 Å². The van der Waals surface area contributed by atoms with Crippen molar-refractivity contribution in [2.45, 2.75) is 38.2 Å². The highest BCUT2D eigenvalue weighted by Gasteiger charge is 2.17. The summed E-state index contributed by atoms with van der Waals surface area (Å²) < 4.78 is 26.7. The second-order valence-corrected chi connectivity index (χ2v) is 10.0. The van der Waals surface area contributed by atoms with E-state index >= 15 is 4.39 Å². The van der Waals surface area contributed by atoms with E-state index in [1.54, 1.807) is 11.8 Å². The summed E-state index contributed by atoms with van der Waals surface area (Å²) in [5, 5.41) is 0. The molecule has 0 radical (unpaired) electrons. The Labute approximate surface area is 198 Å². The van der Waals surface area contributed by atoms with E-state index in [-0.39, 0.29) is 5.82 Å². The van der Waals surface area contributed by atoms with Gasteiger partial charge in [0.15, 0.2) is 11.6 Å². The summed E-state index contributed by atoms with van der Waals surface area (Å²) in [6.07, 6.45) is 5.96. The summed E-state index contributed by atoms with van der Waals surface area (Å²) in [5.41, 5.74) is 5.82. The smallest absolute Gasteiger partial charge is 0.214 e. The van der Waals surface area contributed by atoms with Crippen LogP contribution in [0.2, 0.25) is 0 Å². The zero-order valence-electron chi connectivity index (χ0n) is 18.7. The monoisotopic (exact) mass is 469 g/mol. The SMILES string of the molecule is CSCCCOc1cc(C)c(-c2cccc(COc3cc4c(cn3)CCS4)c2)c(C)c1F. The molecule has 0 unspecified atom stereocenters. The van der Waals surface area contributed by atoms with Crippen LogP contribution in [-0.4, -0.2) is 29.4 Å². The molecule has 0 atom stereocenters. The third-order valence-electron chi connectivity index (χ3n) is 5.56. The van der Waals surface area contributed by atoms with Crippen LogP contribution < -0.4 is 9.47 Å². The first-order chi connectivity index (χ1) is 15.6. The fourth-order valence-corrected chi connectivity index (χ4v) is 5.42. The van der Waals surface area contributed by atoms with Crippen LogP contribution in [0.15, 0.2) is 47.5 Å². The number of aryl methyl sites for hydroxylation is 2. The lowest BCUT2D eigenvalue weighted by Crippen LogP contribution is -2.04. The fourth-order valence-electron chi connectivity index (χ4n) is 3.95. The molecule has 6 heteroatoms. The largest absolute Gasteiger partial charge is 0.490 e. The first-order valence-corrected chi connectivity index (χ1v) is 13.2. The minimum atomic E-state index is -0.281. The molecule has 0 saturated heterocycles. The van der Waals surface area contributed by atoms with Gasteiger partial charge in [0.2, 0.25) is 5.88 Å². The molecule has 0 fully saturated rings. The maximum Gasteiger partial charge on any atom is 0.214 e. The first kappa shape index (κ1) is 23.0. The molecule has 4 rings (SSSR count). The molecule has 1 aliphatic heterocycles. The van der Waals surface area contributed by atoms with E-state index in [1.807, 2.05) is 62.1 Å². The number of hydrogen-bond acceptors (Lipinski definition) is 5. The molecule has 0 saturated carbocycles. The zero-order valence-corrected chi connectivity index (χ0v) is 20.4. The Morgan fingerprint density at radius 2 is 2.03 bits per heavy atom. The van der Waals surface area contributed by atoms with Crippen molar-refractivity contribution in [1.82, 2.24) is 4.98 Å². The Balaban J connectivity index is 1.50. The predicted molar refractivity (Wildman–Crippen MR) is 133 cm³/mol. The van der Waals surface area contributed by atoms with Crippen molar-refractivity contribution in [3.8, 4) is 22.8 Å². The molecule has 3 aromatic rings. The van der Waals surface area contributed by atoms with Crippen molar-refractivity contribution in [2.75, 3.05) is 24.4 Å². The first-order valence-electron chi connectivity index (χ1n) is 10.8. The molecule has 32 heavy (non-hydrogen) atoms. The Morgan fingerprint density at radius 1 is 1.16 bits per heavy atom. The number of nitrogens with zero attached hydrogens (tertiary/aromatic N) is 1. The molecule has 0 amide bonds. The Bertz CT molecular complexity index is 1100. The van der Waals surface area contributed by atoms with Crippen molar-refractivity contribution in [3.63, 3.8) is 0 Å². The highest BCUT2D eigenvalue weighted by Crippen LogP contribution is 2.35. The fraction of sp³-hybridized carbons (Fsp3) is 0.346. The number of hydrogen-bond donors (Lipinski definition) is 0. The van der Waals surface area contributed by atoms with Crippen LogP contribution in [-0.2, 0) is 13.0 Å². The molecule has 3 nitrogen and oxygen atoms in total. The molecule has 2 heterocycles. The van der Waals surface area contributed by atoms with E-state index in [2.05, 4.69) is 17.3 Å². The van der Waals surface area contributed by atoms with Crippen LogP contribution in [0.5, 0.6) is 11.6 Å². The Morgan fingerprint density at radius 3 is 2.88 bits per heavy atom. The minimum Gasteiger partial charge on any atom is -0.490 e. The lowest BCUT2D eigenvalue weighted by molar-refractivity contribution is 0.293. The molecule has 0 aliphatic carbocycles. The Kier molecular flexibility index (Phi) is 7.63. The quantitative estimate of drug-likeness (QED) is 0.319. The number of fused-ring (bicyclic) bond motifs is 1. The minimum absolute atomic E-state index is 0.281. The van der Waals surface area contributed by atoms with Crippen LogP contribution in [0.3, 0.4) is 0 Å². The van der Waals surface area contributed by atoms with Crippen molar-refractivity contribution < 1.29 is 13.9 Å². The summed E-state index contributed by atoms with van der Waals surface area (Å²) >= 11 is 3.62. The van der Waals surface area contributed by atoms with Crippen LogP contribution in [0.1, 0.15) is 28.7 Å². The van der Waals surface area contributed by atoms with Gasteiger partial charge in [0, 0.05) is 22.9 Å². The van der Waals surface area contributed by atoms with Crippen LogP contribution in [0.4, 0.5) is 4.39 Å². The molecule has 0 N–H and O–H groups in total. The third-order valence-corrected chi connectivity index (χ3v) is 7.36.